The molecule has 182 valence electrons. The predicted molar refractivity (Wildman–Crippen MR) is 117 cm³/mol. The average molecular weight is 474 g/mol. The van der Waals surface area contributed by atoms with E-state index >= 15 is 0 Å². The molecule has 0 bridgehead atoms. The van der Waals surface area contributed by atoms with Gasteiger partial charge in [0.25, 0.3) is 0 Å². The Balaban J connectivity index is 1.78. The number of benzene rings is 2. The lowest BCUT2D eigenvalue weighted by atomic mass is 9.83. The van der Waals surface area contributed by atoms with Gasteiger partial charge in [-0.05, 0) is 24.3 Å². The third-order valence-corrected chi connectivity index (χ3v) is 6.15. The summed E-state index contributed by atoms with van der Waals surface area (Å²) < 4.78 is 44.1. The lowest BCUT2D eigenvalue weighted by Gasteiger charge is -2.21. The largest absolute Gasteiger partial charge is 0.493 e. The summed E-state index contributed by atoms with van der Waals surface area (Å²) >= 11 is 0. The molecule has 2 saturated heterocycles. The van der Waals surface area contributed by atoms with Gasteiger partial charge in [0.15, 0.2) is 23.0 Å². The average Bonchev–Trinajstić information content (AvgIpc) is 3.39. The van der Waals surface area contributed by atoms with Gasteiger partial charge in [-0.3, -0.25) is 9.59 Å². The highest BCUT2D eigenvalue weighted by Gasteiger charge is 2.61. The lowest BCUT2D eigenvalue weighted by Crippen LogP contribution is -2.20. The van der Waals surface area contributed by atoms with Crippen LogP contribution in [0.5, 0.6) is 34.5 Å². The van der Waals surface area contributed by atoms with Gasteiger partial charge in [-0.1, -0.05) is 0 Å². The molecule has 0 amide bonds. The first-order valence-electron chi connectivity index (χ1n) is 10.4. The van der Waals surface area contributed by atoms with Crippen LogP contribution < -0.4 is 28.4 Å². The van der Waals surface area contributed by atoms with Crippen molar-refractivity contribution in [3.05, 3.63) is 35.4 Å². The topological polar surface area (TPSA) is 108 Å². The molecular formula is C24H26O10. The quantitative estimate of drug-likeness (QED) is 0.530. The summed E-state index contributed by atoms with van der Waals surface area (Å²) in [5, 5.41) is 0. The van der Waals surface area contributed by atoms with Crippen molar-refractivity contribution in [3.8, 4) is 34.5 Å². The van der Waals surface area contributed by atoms with Crippen molar-refractivity contribution in [1.82, 2.24) is 0 Å². The molecule has 0 N–H and O–H groups in total. The van der Waals surface area contributed by atoms with Crippen LogP contribution in [0.15, 0.2) is 24.3 Å². The lowest BCUT2D eigenvalue weighted by molar-refractivity contribution is -0.155. The highest BCUT2D eigenvalue weighted by molar-refractivity contribution is 5.90. The number of ether oxygens (including phenoxy) is 8. The van der Waals surface area contributed by atoms with Crippen LogP contribution in [0.1, 0.15) is 23.3 Å². The van der Waals surface area contributed by atoms with E-state index in [0.717, 1.165) is 0 Å². The third-order valence-electron chi connectivity index (χ3n) is 6.15. The van der Waals surface area contributed by atoms with Gasteiger partial charge < -0.3 is 37.9 Å². The van der Waals surface area contributed by atoms with E-state index in [2.05, 4.69) is 0 Å². The second-order valence-electron chi connectivity index (χ2n) is 7.61. The molecule has 2 fully saturated rings. The summed E-state index contributed by atoms with van der Waals surface area (Å²) in [7, 11) is 8.85. The third kappa shape index (κ3) is 3.41. The van der Waals surface area contributed by atoms with Crippen LogP contribution in [0.25, 0.3) is 0 Å². The van der Waals surface area contributed by atoms with Gasteiger partial charge in [0.1, 0.15) is 24.0 Å². The first-order chi connectivity index (χ1) is 16.4. The smallest absolute Gasteiger partial charge is 0.314 e. The van der Waals surface area contributed by atoms with E-state index in [9.17, 15) is 9.59 Å². The highest BCUT2D eigenvalue weighted by Crippen LogP contribution is 2.57. The molecule has 10 heteroatoms. The Hall–Kier alpha value is -3.82. The molecule has 0 spiro atoms. The Morgan fingerprint density at radius 2 is 0.882 bits per heavy atom. The molecule has 0 saturated carbocycles. The second-order valence-corrected chi connectivity index (χ2v) is 7.61. The number of fused-ring (bicyclic) bond motifs is 1. The van der Waals surface area contributed by atoms with Gasteiger partial charge in [0.05, 0.1) is 42.7 Å². The van der Waals surface area contributed by atoms with Crippen LogP contribution in [0.4, 0.5) is 0 Å². The molecule has 34 heavy (non-hydrogen) atoms. The Bertz CT molecular complexity index is 1020. The second kappa shape index (κ2) is 9.20. The molecule has 0 aliphatic carbocycles. The van der Waals surface area contributed by atoms with Crippen molar-refractivity contribution in [2.75, 3.05) is 42.7 Å². The molecule has 10 nitrogen and oxygen atoms in total. The first-order valence-corrected chi connectivity index (χ1v) is 10.4. The van der Waals surface area contributed by atoms with E-state index < -0.39 is 36.0 Å². The number of carbonyl (C=O) groups is 2. The van der Waals surface area contributed by atoms with Crippen LogP contribution in [-0.4, -0.2) is 54.6 Å². The molecule has 2 aromatic rings. The van der Waals surface area contributed by atoms with Crippen LogP contribution >= 0.6 is 0 Å². The number of methoxy groups -OCH3 is 6. The molecule has 4 rings (SSSR count). The Kier molecular flexibility index (Phi) is 6.32. The molecule has 2 aromatic carbocycles. The molecule has 4 atom stereocenters. The number of esters is 2. The normalized spacial score (nSPS) is 23.0. The van der Waals surface area contributed by atoms with Crippen molar-refractivity contribution in [2.45, 2.75) is 12.2 Å². The van der Waals surface area contributed by atoms with E-state index in [4.69, 9.17) is 37.9 Å². The van der Waals surface area contributed by atoms with Crippen LogP contribution in [-0.2, 0) is 19.1 Å². The fraction of sp³-hybridized carbons (Fsp3) is 0.417. The van der Waals surface area contributed by atoms with Gasteiger partial charge in [-0.2, -0.15) is 0 Å². The van der Waals surface area contributed by atoms with E-state index in [1.165, 1.54) is 42.7 Å². The van der Waals surface area contributed by atoms with Gasteiger partial charge >= 0.3 is 11.9 Å². The van der Waals surface area contributed by atoms with Crippen LogP contribution in [0, 0.1) is 11.8 Å². The maximum absolute atomic E-state index is 13.1. The van der Waals surface area contributed by atoms with Gasteiger partial charge in [0, 0.05) is 11.1 Å². The molecule has 2 aliphatic heterocycles. The van der Waals surface area contributed by atoms with E-state index in [0.29, 0.717) is 45.6 Å². The first kappa shape index (κ1) is 23.3. The molecule has 0 aromatic heterocycles. The number of hydrogen-bond acceptors (Lipinski definition) is 10. The SMILES string of the molecule is COc1ccc([C@H]2OC(=O)[C@H]3[C@@H]2C(=O)O[C@@H]3c2ccc(OC)c(OC)c2OC)c(OC)c1OC. The number of carbonyl (C=O) groups excluding carboxylic acids is 2. The standard InChI is InChI=1S/C24H26O10/c1-27-13-9-7-11(19(29-3)21(13)31-5)17-15-16(24(26)33-17)18(34-23(15)25)12-8-10-14(28-2)22(32-6)20(12)30-4/h7-10,15-18H,1-6H3/t15-,16-,17+,18+/m0/s1. The Labute approximate surface area is 196 Å². The zero-order chi connectivity index (χ0) is 24.6. The Morgan fingerprint density at radius 3 is 1.18 bits per heavy atom. The predicted octanol–water partition coefficient (Wildman–Crippen LogP) is 2.87. The van der Waals surface area contributed by atoms with E-state index in [-0.39, 0.29) is 0 Å². The minimum absolute atomic E-state index is 0.306. The minimum Gasteiger partial charge on any atom is -0.493 e. The number of rotatable bonds is 8. The maximum Gasteiger partial charge on any atom is 0.314 e. The van der Waals surface area contributed by atoms with Crippen molar-refractivity contribution in [1.29, 1.82) is 0 Å². The summed E-state index contributed by atoms with van der Waals surface area (Å²) in [4.78, 5) is 26.2. The summed E-state index contributed by atoms with van der Waals surface area (Å²) in [6, 6.07) is 6.68. The molecule has 0 radical (unpaired) electrons. The molecule has 2 aliphatic rings. The minimum atomic E-state index is -0.934. The van der Waals surface area contributed by atoms with E-state index in [1.54, 1.807) is 24.3 Å². The fourth-order valence-corrected chi connectivity index (χ4v) is 4.68. The molecular weight excluding hydrogens is 448 g/mol. The summed E-state index contributed by atoms with van der Waals surface area (Å²) in [6.07, 6.45) is -1.87. The zero-order valence-corrected chi connectivity index (χ0v) is 19.7. The van der Waals surface area contributed by atoms with Gasteiger partial charge in [0.2, 0.25) is 11.5 Å². The summed E-state index contributed by atoms with van der Waals surface area (Å²) in [5.41, 5.74) is 0.941. The molecule has 2 heterocycles. The maximum atomic E-state index is 13.1. The van der Waals surface area contributed by atoms with Crippen molar-refractivity contribution in [3.63, 3.8) is 0 Å². The van der Waals surface area contributed by atoms with Gasteiger partial charge in [-0.25, -0.2) is 0 Å². The van der Waals surface area contributed by atoms with Crippen molar-refractivity contribution in [2.24, 2.45) is 11.8 Å². The van der Waals surface area contributed by atoms with Crippen LogP contribution in [0.2, 0.25) is 0 Å². The number of cyclic esters (lactones) is 2. The zero-order valence-electron chi connectivity index (χ0n) is 19.7. The number of hydrogen-bond donors (Lipinski definition) is 0. The Morgan fingerprint density at radius 1 is 0.529 bits per heavy atom. The van der Waals surface area contributed by atoms with Crippen molar-refractivity contribution < 1.29 is 47.5 Å². The highest BCUT2D eigenvalue weighted by atomic mass is 16.6. The van der Waals surface area contributed by atoms with Gasteiger partial charge in [-0.15, -0.1) is 0 Å². The van der Waals surface area contributed by atoms with E-state index in [1.807, 2.05) is 0 Å². The monoisotopic (exact) mass is 474 g/mol. The van der Waals surface area contributed by atoms with Crippen molar-refractivity contribution >= 4 is 11.9 Å². The summed E-state index contributed by atoms with van der Waals surface area (Å²) in [5.74, 6) is -0.807. The molecule has 0 unspecified atom stereocenters. The fourth-order valence-electron chi connectivity index (χ4n) is 4.68. The van der Waals surface area contributed by atoms with Crippen LogP contribution in [0.3, 0.4) is 0 Å². The summed E-state index contributed by atoms with van der Waals surface area (Å²) in [6.45, 7) is 0.